The molecule has 1 atom stereocenters. The van der Waals surface area contributed by atoms with E-state index in [4.69, 9.17) is 11.6 Å². The zero-order chi connectivity index (χ0) is 16.0. The van der Waals surface area contributed by atoms with Gasteiger partial charge in [-0.2, -0.15) is 0 Å². The van der Waals surface area contributed by atoms with E-state index < -0.39 is 9.84 Å². The Morgan fingerprint density at radius 3 is 2.73 bits per heavy atom. The number of carbonyl (C=O) groups excluding carboxylic acids is 1. The molecule has 1 aromatic carbocycles. The topological polar surface area (TPSA) is 75.3 Å². The summed E-state index contributed by atoms with van der Waals surface area (Å²) in [4.78, 5) is 12.0. The first kappa shape index (κ1) is 17.0. The van der Waals surface area contributed by atoms with Crippen molar-refractivity contribution in [3.63, 3.8) is 0 Å². The summed E-state index contributed by atoms with van der Waals surface area (Å²) in [7, 11) is -3.46. The van der Waals surface area contributed by atoms with Crippen molar-refractivity contribution < 1.29 is 13.2 Å². The Bertz CT molecular complexity index is 635. The highest BCUT2D eigenvalue weighted by Gasteiger charge is 2.21. The fourth-order valence-electron chi connectivity index (χ4n) is 2.20. The van der Waals surface area contributed by atoms with Crippen molar-refractivity contribution in [2.75, 3.05) is 19.6 Å². The molecule has 1 aliphatic heterocycles. The van der Waals surface area contributed by atoms with Gasteiger partial charge in [-0.1, -0.05) is 17.7 Å². The summed E-state index contributed by atoms with van der Waals surface area (Å²) < 4.78 is 24.0. The Balaban J connectivity index is 1.79. The lowest BCUT2D eigenvalue weighted by Crippen LogP contribution is -2.32. The minimum atomic E-state index is -3.46. The highest BCUT2D eigenvalue weighted by atomic mass is 35.5. The van der Waals surface area contributed by atoms with Crippen LogP contribution in [-0.4, -0.2) is 34.0 Å². The summed E-state index contributed by atoms with van der Waals surface area (Å²) in [5.74, 6) is 0.0562. The normalized spacial score (nSPS) is 18.7. The number of carbonyl (C=O) groups is 1. The average Bonchev–Trinajstić information content (AvgIpc) is 3.01. The summed E-state index contributed by atoms with van der Waals surface area (Å²) in [5, 5.41) is 7.61. The van der Waals surface area contributed by atoms with Gasteiger partial charge in [-0.05, 0) is 43.7 Å². The first-order valence-electron chi connectivity index (χ1n) is 7.15. The fraction of sp³-hybridized carbons (Fsp3) is 0.400. The lowest BCUT2D eigenvalue weighted by molar-refractivity contribution is -0.124. The van der Waals surface area contributed by atoms with Crippen LogP contribution < -0.4 is 10.6 Å². The third-order valence-electron chi connectivity index (χ3n) is 3.46. The Morgan fingerprint density at radius 2 is 2.09 bits per heavy atom. The van der Waals surface area contributed by atoms with E-state index in [1.807, 2.05) is 0 Å². The van der Waals surface area contributed by atoms with E-state index >= 15 is 0 Å². The minimum absolute atomic E-state index is 0.0268. The second kappa shape index (κ2) is 7.76. The van der Waals surface area contributed by atoms with Crippen LogP contribution in [0.5, 0.6) is 0 Å². The summed E-state index contributed by atoms with van der Waals surface area (Å²) >= 11 is 5.73. The van der Waals surface area contributed by atoms with Gasteiger partial charge < -0.3 is 10.6 Å². The predicted octanol–water partition coefficient (Wildman–Crippen LogP) is 1.74. The van der Waals surface area contributed by atoms with Crippen LogP contribution in [0, 0.1) is 5.92 Å². The number of halogens is 1. The average molecular weight is 343 g/mol. The van der Waals surface area contributed by atoms with Gasteiger partial charge in [-0.25, -0.2) is 8.42 Å². The molecule has 0 bridgehead atoms. The smallest absolute Gasteiger partial charge is 0.224 e. The number of rotatable bonds is 6. The molecule has 1 amide bonds. The molecule has 1 aromatic rings. The van der Waals surface area contributed by atoms with Crippen LogP contribution in [0.4, 0.5) is 0 Å². The Labute approximate surface area is 135 Å². The first-order chi connectivity index (χ1) is 10.5. The SMILES string of the molecule is O=C(NCC/C=C/S(=O)(=O)c1ccc(Cl)cc1)[C@H]1CCNC1. The molecular weight excluding hydrogens is 324 g/mol. The van der Waals surface area contributed by atoms with Crippen LogP contribution in [-0.2, 0) is 14.6 Å². The fourth-order valence-corrected chi connectivity index (χ4v) is 3.39. The number of amides is 1. The number of hydrogen-bond donors (Lipinski definition) is 2. The molecular formula is C15H19ClN2O3S. The Hall–Kier alpha value is -1.37. The van der Waals surface area contributed by atoms with Crippen molar-refractivity contribution >= 4 is 27.3 Å². The molecule has 1 fully saturated rings. The molecule has 0 aromatic heterocycles. The quantitative estimate of drug-likeness (QED) is 0.772. The van der Waals surface area contributed by atoms with E-state index in [1.165, 1.54) is 29.7 Å². The lowest BCUT2D eigenvalue weighted by atomic mass is 10.1. The zero-order valence-electron chi connectivity index (χ0n) is 12.1. The molecule has 120 valence electrons. The Kier molecular flexibility index (Phi) is 5.99. The van der Waals surface area contributed by atoms with E-state index in [-0.39, 0.29) is 16.7 Å². The van der Waals surface area contributed by atoms with Crippen LogP contribution >= 0.6 is 11.6 Å². The molecule has 0 spiro atoms. The number of sulfone groups is 1. The Morgan fingerprint density at radius 1 is 1.36 bits per heavy atom. The second-order valence-electron chi connectivity index (χ2n) is 5.14. The molecule has 0 aliphatic carbocycles. The molecule has 1 heterocycles. The van der Waals surface area contributed by atoms with E-state index in [0.29, 0.717) is 24.5 Å². The van der Waals surface area contributed by atoms with Crippen LogP contribution in [0.2, 0.25) is 5.02 Å². The summed E-state index contributed by atoms with van der Waals surface area (Å²) in [6, 6.07) is 6.02. The van der Waals surface area contributed by atoms with Crippen LogP contribution in [0.15, 0.2) is 40.6 Å². The van der Waals surface area contributed by atoms with E-state index in [9.17, 15) is 13.2 Å². The van der Waals surface area contributed by atoms with Gasteiger partial charge >= 0.3 is 0 Å². The van der Waals surface area contributed by atoms with Crippen molar-refractivity contribution in [2.24, 2.45) is 5.92 Å². The third-order valence-corrected chi connectivity index (χ3v) is 5.19. The van der Waals surface area contributed by atoms with Crippen LogP contribution in [0.25, 0.3) is 0 Å². The van der Waals surface area contributed by atoms with E-state index in [1.54, 1.807) is 6.08 Å². The molecule has 2 rings (SSSR count). The number of nitrogens with one attached hydrogen (secondary N) is 2. The monoisotopic (exact) mass is 342 g/mol. The highest BCUT2D eigenvalue weighted by molar-refractivity contribution is 7.94. The standard InChI is InChI=1S/C15H19ClN2O3S/c16-13-3-5-14(6-4-13)22(20,21)10-2-1-8-18-15(19)12-7-9-17-11-12/h2-6,10,12,17H,1,7-9,11H2,(H,18,19)/b10-2+/t12-/m0/s1. The maximum atomic E-state index is 12.0. The maximum Gasteiger partial charge on any atom is 0.224 e. The molecule has 22 heavy (non-hydrogen) atoms. The number of hydrogen-bond acceptors (Lipinski definition) is 4. The molecule has 1 saturated heterocycles. The number of benzene rings is 1. The molecule has 5 nitrogen and oxygen atoms in total. The summed E-state index contributed by atoms with van der Waals surface area (Å²) in [5.41, 5.74) is 0. The van der Waals surface area contributed by atoms with E-state index in [0.717, 1.165) is 13.0 Å². The summed E-state index contributed by atoms with van der Waals surface area (Å²) in [6.45, 7) is 2.02. The maximum absolute atomic E-state index is 12.0. The van der Waals surface area contributed by atoms with Crippen molar-refractivity contribution in [2.45, 2.75) is 17.7 Å². The predicted molar refractivity (Wildman–Crippen MR) is 86.4 cm³/mol. The van der Waals surface area contributed by atoms with Crippen LogP contribution in [0.1, 0.15) is 12.8 Å². The van der Waals surface area contributed by atoms with Crippen molar-refractivity contribution in [1.82, 2.24) is 10.6 Å². The molecule has 0 unspecified atom stereocenters. The van der Waals surface area contributed by atoms with Gasteiger partial charge in [-0.3, -0.25) is 4.79 Å². The first-order valence-corrected chi connectivity index (χ1v) is 9.07. The lowest BCUT2D eigenvalue weighted by Gasteiger charge is -2.08. The van der Waals surface area contributed by atoms with Gasteiger partial charge in [0.2, 0.25) is 5.91 Å². The van der Waals surface area contributed by atoms with Gasteiger partial charge in [0.1, 0.15) is 0 Å². The van der Waals surface area contributed by atoms with Gasteiger partial charge in [-0.15, -0.1) is 0 Å². The molecule has 1 aliphatic rings. The van der Waals surface area contributed by atoms with Gasteiger partial charge in [0.05, 0.1) is 10.8 Å². The van der Waals surface area contributed by atoms with Gasteiger partial charge in [0.15, 0.2) is 9.84 Å². The molecule has 0 radical (unpaired) electrons. The highest BCUT2D eigenvalue weighted by Crippen LogP contribution is 2.16. The van der Waals surface area contributed by atoms with Gasteiger partial charge in [0.25, 0.3) is 0 Å². The molecule has 0 saturated carbocycles. The molecule has 2 N–H and O–H groups in total. The van der Waals surface area contributed by atoms with Crippen LogP contribution in [0.3, 0.4) is 0 Å². The van der Waals surface area contributed by atoms with Gasteiger partial charge in [0, 0.05) is 23.5 Å². The van der Waals surface area contributed by atoms with Crippen molar-refractivity contribution in [3.8, 4) is 0 Å². The zero-order valence-corrected chi connectivity index (χ0v) is 13.7. The van der Waals surface area contributed by atoms with Crippen molar-refractivity contribution in [1.29, 1.82) is 0 Å². The molecule has 7 heteroatoms. The second-order valence-corrected chi connectivity index (χ2v) is 7.41. The van der Waals surface area contributed by atoms with E-state index in [2.05, 4.69) is 10.6 Å². The largest absolute Gasteiger partial charge is 0.356 e. The third kappa shape index (κ3) is 4.83. The van der Waals surface area contributed by atoms with Crippen molar-refractivity contribution in [3.05, 3.63) is 40.8 Å². The minimum Gasteiger partial charge on any atom is -0.356 e. The summed E-state index contributed by atoms with van der Waals surface area (Å²) in [6.07, 6.45) is 2.88.